The fourth-order valence-corrected chi connectivity index (χ4v) is 1.41. The third kappa shape index (κ3) is 2.11. The molecule has 0 unspecified atom stereocenters. The number of rotatable bonds is 3. The first-order valence-electron chi connectivity index (χ1n) is 4.76. The van der Waals surface area contributed by atoms with Crippen LogP contribution in [0.4, 0.5) is 5.82 Å². The molecule has 0 spiro atoms. The fraction of sp³-hybridized carbons (Fsp3) is 0.333. The Kier molecular flexibility index (Phi) is 3.00. The molecule has 0 fully saturated rings. The molecule has 16 heavy (non-hydrogen) atoms. The van der Waals surface area contributed by atoms with Crippen LogP contribution in [0.5, 0.6) is 0 Å². The number of aromatic nitrogens is 5. The van der Waals surface area contributed by atoms with Gasteiger partial charge in [0, 0.05) is 0 Å². The maximum absolute atomic E-state index is 5.86. The Morgan fingerprint density at radius 1 is 1.31 bits per heavy atom. The Hall–Kier alpha value is -1.69. The first kappa shape index (κ1) is 10.8. The molecule has 0 bridgehead atoms. The molecular weight excluding hydrogens is 228 g/mol. The summed E-state index contributed by atoms with van der Waals surface area (Å²) in [5.41, 5.74) is 1.91. The lowest BCUT2D eigenvalue weighted by molar-refractivity contribution is 0.920. The van der Waals surface area contributed by atoms with Gasteiger partial charge in [-0.1, -0.05) is 11.6 Å². The van der Waals surface area contributed by atoms with Crippen LogP contribution in [0, 0.1) is 13.8 Å². The monoisotopic (exact) mass is 238 g/mol. The van der Waals surface area contributed by atoms with Gasteiger partial charge in [0.1, 0.15) is 12.2 Å². The van der Waals surface area contributed by atoms with E-state index in [-0.39, 0.29) is 0 Å². The van der Waals surface area contributed by atoms with E-state index in [0.29, 0.717) is 17.5 Å². The molecule has 0 atom stereocenters. The lowest BCUT2D eigenvalue weighted by atomic mass is 10.2. The van der Waals surface area contributed by atoms with Gasteiger partial charge >= 0.3 is 0 Å². The highest BCUT2D eigenvalue weighted by molar-refractivity contribution is 6.30. The van der Waals surface area contributed by atoms with Crippen LogP contribution in [0.3, 0.4) is 0 Å². The molecule has 0 aliphatic heterocycles. The molecule has 84 valence electrons. The van der Waals surface area contributed by atoms with Crippen LogP contribution in [0.25, 0.3) is 0 Å². The maximum Gasteiger partial charge on any atom is 0.155 e. The topological polar surface area (TPSA) is 79.4 Å². The van der Waals surface area contributed by atoms with Crippen LogP contribution < -0.4 is 5.32 Å². The smallest absolute Gasteiger partial charge is 0.155 e. The number of hydrogen-bond acceptors (Lipinski definition) is 5. The summed E-state index contributed by atoms with van der Waals surface area (Å²) in [6.45, 7) is 4.38. The zero-order chi connectivity index (χ0) is 11.5. The van der Waals surface area contributed by atoms with Crippen LogP contribution >= 0.6 is 11.6 Å². The molecule has 7 heteroatoms. The summed E-state index contributed by atoms with van der Waals surface area (Å²) >= 11 is 5.86. The first-order valence-corrected chi connectivity index (χ1v) is 5.13. The third-order valence-corrected chi connectivity index (χ3v) is 2.71. The molecule has 0 saturated heterocycles. The third-order valence-electron chi connectivity index (χ3n) is 2.35. The number of anilines is 1. The van der Waals surface area contributed by atoms with Gasteiger partial charge in [0.2, 0.25) is 0 Å². The SMILES string of the molecule is Cc1c(Cl)nnc(NCc2ncn[nH]2)c1C. The Morgan fingerprint density at radius 3 is 2.81 bits per heavy atom. The molecule has 2 rings (SSSR count). The Labute approximate surface area is 97.5 Å². The number of halogens is 1. The van der Waals surface area contributed by atoms with Crippen molar-refractivity contribution >= 4 is 17.4 Å². The second kappa shape index (κ2) is 4.44. The van der Waals surface area contributed by atoms with Gasteiger partial charge in [-0.15, -0.1) is 10.2 Å². The largest absolute Gasteiger partial charge is 0.361 e. The lowest BCUT2D eigenvalue weighted by Crippen LogP contribution is -2.07. The highest BCUT2D eigenvalue weighted by Crippen LogP contribution is 2.20. The summed E-state index contributed by atoms with van der Waals surface area (Å²) in [6.07, 6.45) is 1.46. The minimum absolute atomic E-state index is 0.433. The molecule has 2 aromatic rings. The van der Waals surface area contributed by atoms with E-state index in [1.807, 2.05) is 13.8 Å². The maximum atomic E-state index is 5.86. The zero-order valence-corrected chi connectivity index (χ0v) is 9.71. The van der Waals surface area contributed by atoms with Crippen molar-refractivity contribution in [2.24, 2.45) is 0 Å². The molecule has 0 aliphatic rings. The quantitative estimate of drug-likeness (QED) is 0.847. The lowest BCUT2D eigenvalue weighted by Gasteiger charge is -2.08. The standard InChI is InChI=1S/C9H11ClN6/c1-5-6(2)9(16-15-8(5)10)11-3-7-12-4-13-14-7/h4H,3H2,1-2H3,(H,11,16)(H,12,13,14). The van der Waals surface area contributed by atoms with Crippen LogP contribution in [0.1, 0.15) is 17.0 Å². The van der Waals surface area contributed by atoms with E-state index >= 15 is 0 Å². The van der Waals surface area contributed by atoms with Gasteiger partial charge in [-0.3, -0.25) is 5.10 Å². The van der Waals surface area contributed by atoms with Crippen molar-refractivity contribution in [3.63, 3.8) is 0 Å². The van der Waals surface area contributed by atoms with Crippen molar-refractivity contribution in [1.82, 2.24) is 25.4 Å². The normalized spacial score (nSPS) is 10.4. The van der Waals surface area contributed by atoms with Crippen molar-refractivity contribution in [2.45, 2.75) is 20.4 Å². The van der Waals surface area contributed by atoms with E-state index in [1.54, 1.807) is 0 Å². The van der Waals surface area contributed by atoms with E-state index in [1.165, 1.54) is 6.33 Å². The molecule has 6 nitrogen and oxygen atoms in total. The van der Waals surface area contributed by atoms with E-state index in [4.69, 9.17) is 11.6 Å². The second-order valence-electron chi connectivity index (χ2n) is 3.38. The Morgan fingerprint density at radius 2 is 2.12 bits per heavy atom. The van der Waals surface area contributed by atoms with Crippen molar-refractivity contribution in [2.75, 3.05) is 5.32 Å². The molecule has 0 aromatic carbocycles. The average molecular weight is 239 g/mol. The van der Waals surface area contributed by atoms with E-state index < -0.39 is 0 Å². The molecule has 0 aliphatic carbocycles. The molecule has 0 radical (unpaired) electrons. The molecular formula is C9H11ClN6. The van der Waals surface area contributed by atoms with Crippen molar-refractivity contribution in [3.05, 3.63) is 28.4 Å². The van der Waals surface area contributed by atoms with Gasteiger partial charge in [-0.25, -0.2) is 4.98 Å². The number of hydrogen-bond donors (Lipinski definition) is 2. The summed E-state index contributed by atoms with van der Waals surface area (Å²) in [6, 6.07) is 0. The molecule has 0 amide bonds. The van der Waals surface area contributed by atoms with Crippen molar-refractivity contribution < 1.29 is 0 Å². The average Bonchev–Trinajstić information content (AvgIpc) is 2.78. The van der Waals surface area contributed by atoms with Crippen molar-refractivity contribution in [3.8, 4) is 0 Å². The molecule has 2 N–H and O–H groups in total. The van der Waals surface area contributed by atoms with Gasteiger partial charge in [0.05, 0.1) is 6.54 Å². The van der Waals surface area contributed by atoms with E-state index in [0.717, 1.165) is 17.0 Å². The van der Waals surface area contributed by atoms with Crippen LogP contribution in [0.2, 0.25) is 5.15 Å². The summed E-state index contributed by atoms with van der Waals surface area (Å²) < 4.78 is 0. The summed E-state index contributed by atoms with van der Waals surface area (Å²) in [7, 11) is 0. The second-order valence-corrected chi connectivity index (χ2v) is 3.73. The van der Waals surface area contributed by atoms with E-state index in [9.17, 15) is 0 Å². The minimum Gasteiger partial charge on any atom is -0.361 e. The molecule has 2 heterocycles. The fourth-order valence-electron chi connectivity index (χ4n) is 1.23. The molecule has 2 aromatic heterocycles. The summed E-state index contributed by atoms with van der Waals surface area (Å²) in [5.74, 6) is 1.45. The van der Waals surface area contributed by atoms with Crippen molar-refractivity contribution in [1.29, 1.82) is 0 Å². The van der Waals surface area contributed by atoms with Gasteiger partial charge in [0.15, 0.2) is 11.0 Å². The molecule has 0 saturated carbocycles. The first-order chi connectivity index (χ1) is 7.68. The Balaban J connectivity index is 2.13. The Bertz CT molecular complexity index is 481. The van der Waals surface area contributed by atoms with Crippen LogP contribution in [-0.4, -0.2) is 25.4 Å². The number of aromatic amines is 1. The highest BCUT2D eigenvalue weighted by atomic mass is 35.5. The summed E-state index contributed by atoms with van der Waals surface area (Å²) in [4.78, 5) is 4.00. The van der Waals surface area contributed by atoms with Gasteiger partial charge < -0.3 is 5.32 Å². The number of nitrogens with one attached hydrogen (secondary N) is 2. The van der Waals surface area contributed by atoms with Gasteiger partial charge in [0.25, 0.3) is 0 Å². The zero-order valence-electron chi connectivity index (χ0n) is 8.95. The van der Waals surface area contributed by atoms with Crippen LogP contribution in [0.15, 0.2) is 6.33 Å². The predicted molar refractivity (Wildman–Crippen MR) is 60.2 cm³/mol. The van der Waals surface area contributed by atoms with E-state index in [2.05, 4.69) is 30.7 Å². The van der Waals surface area contributed by atoms with Gasteiger partial charge in [-0.05, 0) is 25.0 Å². The highest BCUT2D eigenvalue weighted by Gasteiger charge is 2.07. The van der Waals surface area contributed by atoms with Crippen LogP contribution in [-0.2, 0) is 6.54 Å². The van der Waals surface area contributed by atoms with Gasteiger partial charge in [-0.2, -0.15) is 5.10 Å². The minimum atomic E-state index is 0.433. The predicted octanol–water partition coefficient (Wildman–Crippen LogP) is 1.48. The summed E-state index contributed by atoms with van der Waals surface area (Å²) in [5, 5.41) is 17.9. The number of H-pyrrole nitrogens is 1. The number of nitrogens with zero attached hydrogens (tertiary/aromatic N) is 4.